The van der Waals surface area contributed by atoms with Crippen molar-refractivity contribution in [2.24, 2.45) is 0 Å². The molecule has 0 saturated carbocycles. The Morgan fingerprint density at radius 3 is 0.452 bits per heavy atom. The molecule has 0 aromatic heterocycles. The first-order valence-electron chi connectivity index (χ1n) is 14.5. The molecule has 0 heterocycles. The first kappa shape index (κ1) is 44.4. The predicted molar refractivity (Wildman–Crippen MR) is 156 cm³/mol. The molecule has 0 heteroatoms. The normalized spacial score (nSPS) is 8.39. The zero-order valence-corrected chi connectivity index (χ0v) is 25.2. The summed E-state index contributed by atoms with van der Waals surface area (Å²) in [6.07, 6.45) is 22.7. The van der Waals surface area contributed by atoms with E-state index in [-0.39, 0.29) is 0 Å². The van der Waals surface area contributed by atoms with Crippen LogP contribution in [0.25, 0.3) is 0 Å². The van der Waals surface area contributed by atoms with Gasteiger partial charge in [-0.05, 0) is 12.8 Å². The Bertz CT molecular complexity index is 153. The van der Waals surface area contributed by atoms with E-state index in [1.54, 1.807) is 0 Å². The van der Waals surface area contributed by atoms with E-state index in [1.165, 1.54) is 102 Å². The number of hydrogen-bond acceptors (Lipinski definition) is 0. The van der Waals surface area contributed by atoms with Gasteiger partial charge >= 0.3 is 0 Å². The van der Waals surface area contributed by atoms with Gasteiger partial charge in [-0.1, -0.05) is 192 Å². The topological polar surface area (TPSA) is 0 Å². The van der Waals surface area contributed by atoms with Crippen LogP contribution in [0.4, 0.5) is 0 Å². The van der Waals surface area contributed by atoms with Crippen molar-refractivity contribution in [3.8, 4) is 0 Å². The molecule has 0 fully saturated rings. The van der Waals surface area contributed by atoms with E-state index in [4.69, 9.17) is 0 Å². The second kappa shape index (κ2) is 63.0. The zero-order valence-electron chi connectivity index (χ0n) is 25.2. The minimum absolute atomic E-state index is 1.14. The zero-order chi connectivity index (χ0) is 25.6. The third-order valence-corrected chi connectivity index (χ3v) is 4.54. The van der Waals surface area contributed by atoms with Crippen molar-refractivity contribution in [1.29, 1.82) is 0 Å². The van der Waals surface area contributed by atoms with Gasteiger partial charge in [0.05, 0.1) is 0 Å². The first-order chi connectivity index (χ1) is 14.9. The van der Waals surface area contributed by atoms with Crippen LogP contribution in [0.1, 0.15) is 192 Å². The molecular weight excluding hydrogens is 372 g/mol. The van der Waals surface area contributed by atoms with E-state index in [1.807, 2.05) is 0 Å². The minimum Gasteiger partial charge on any atom is -0.0999 e. The second-order valence-electron chi connectivity index (χ2n) is 8.22. The molecule has 0 N–H and O–H groups in total. The van der Waals surface area contributed by atoms with Gasteiger partial charge in [-0.15, -0.1) is 0 Å². The Labute approximate surface area is 204 Å². The van der Waals surface area contributed by atoms with Crippen molar-refractivity contribution in [3.05, 3.63) is 12.2 Å². The number of unbranched alkanes of at least 4 members (excludes halogenated alkanes) is 10. The van der Waals surface area contributed by atoms with Crippen LogP contribution in [0.15, 0.2) is 12.2 Å². The minimum atomic E-state index is 1.14. The summed E-state index contributed by atoms with van der Waals surface area (Å²) in [6.45, 7) is 30.2. The molecule has 0 nitrogen and oxygen atoms in total. The molecule has 196 valence electrons. The Hall–Kier alpha value is -0.260. The van der Waals surface area contributed by atoms with Gasteiger partial charge in [0.25, 0.3) is 0 Å². The smallest absolute Gasteiger partial charge is 0.0352 e. The average molecular weight is 445 g/mol. The largest absolute Gasteiger partial charge is 0.0999 e. The molecule has 0 aliphatic rings. The molecule has 31 heavy (non-hydrogen) atoms. The van der Waals surface area contributed by atoms with Crippen LogP contribution in [0.5, 0.6) is 0 Å². The Morgan fingerprint density at radius 1 is 0.323 bits per heavy atom. The van der Waals surface area contributed by atoms with Gasteiger partial charge < -0.3 is 0 Å². The van der Waals surface area contributed by atoms with Crippen molar-refractivity contribution >= 4 is 0 Å². The summed E-state index contributed by atoms with van der Waals surface area (Å²) < 4.78 is 0. The Morgan fingerprint density at radius 2 is 0.452 bits per heavy atom. The fraction of sp³-hybridized carbons (Fsp3) is 0.935. The van der Waals surface area contributed by atoms with Crippen molar-refractivity contribution in [2.75, 3.05) is 0 Å². The lowest BCUT2D eigenvalue weighted by atomic mass is 10.2. The molecule has 0 aliphatic carbocycles. The van der Waals surface area contributed by atoms with Crippen LogP contribution in [-0.2, 0) is 0 Å². The lowest BCUT2D eigenvalue weighted by molar-refractivity contribution is 0.772. The van der Waals surface area contributed by atoms with Crippen molar-refractivity contribution in [1.82, 2.24) is 0 Å². The lowest BCUT2D eigenvalue weighted by Crippen LogP contribution is -1.68. The van der Waals surface area contributed by atoms with Crippen LogP contribution < -0.4 is 0 Å². The van der Waals surface area contributed by atoms with Gasteiger partial charge in [0.15, 0.2) is 0 Å². The lowest BCUT2D eigenvalue weighted by Gasteiger charge is -1.89. The summed E-state index contributed by atoms with van der Waals surface area (Å²) in [4.78, 5) is 0. The van der Waals surface area contributed by atoms with Gasteiger partial charge in [0.2, 0.25) is 0 Å². The Balaban J connectivity index is -0.0000000606. The molecule has 0 bridgehead atoms. The van der Waals surface area contributed by atoms with E-state index < -0.39 is 0 Å². The fourth-order valence-electron chi connectivity index (χ4n) is 2.02. The Kier molecular flexibility index (Phi) is 90.3. The van der Waals surface area contributed by atoms with Gasteiger partial charge in [-0.2, -0.15) is 0 Å². The van der Waals surface area contributed by atoms with Gasteiger partial charge in [-0.25, -0.2) is 0 Å². The summed E-state index contributed by atoms with van der Waals surface area (Å²) in [5.74, 6) is 0. The molecule has 0 aromatic rings. The summed E-state index contributed by atoms with van der Waals surface area (Å²) in [5, 5.41) is 0. The van der Waals surface area contributed by atoms with E-state index in [2.05, 4.69) is 89.7 Å². The van der Waals surface area contributed by atoms with Crippen LogP contribution in [0, 0.1) is 0 Å². The molecular formula is C31H72. The highest BCUT2D eigenvalue weighted by Gasteiger charge is 1.78. The van der Waals surface area contributed by atoms with E-state index in [9.17, 15) is 0 Å². The van der Waals surface area contributed by atoms with E-state index >= 15 is 0 Å². The molecule has 0 amide bonds. The number of hydrogen-bond donors (Lipinski definition) is 0. The van der Waals surface area contributed by atoms with Crippen LogP contribution in [0.3, 0.4) is 0 Å². The van der Waals surface area contributed by atoms with Crippen LogP contribution in [0.2, 0.25) is 0 Å². The van der Waals surface area contributed by atoms with Crippen molar-refractivity contribution < 1.29 is 0 Å². The molecule has 0 radical (unpaired) electrons. The highest BCUT2D eigenvalue weighted by molar-refractivity contribution is 4.89. The predicted octanol–water partition coefficient (Wildman–Crippen LogP) is 13.3. The number of allylic oxidation sites excluding steroid dienone is 1. The van der Waals surface area contributed by atoms with Crippen molar-refractivity contribution in [3.63, 3.8) is 0 Å². The average Bonchev–Trinajstić information content (AvgIpc) is 2.78. The molecule has 0 aromatic carbocycles. The first-order valence-corrected chi connectivity index (χ1v) is 14.5. The molecule has 0 rings (SSSR count). The maximum atomic E-state index is 3.79. The third kappa shape index (κ3) is 121. The van der Waals surface area contributed by atoms with Crippen LogP contribution in [-0.4, -0.2) is 0 Å². The van der Waals surface area contributed by atoms with Gasteiger partial charge in [0, 0.05) is 0 Å². The molecule has 0 saturated heterocycles. The molecule has 0 aliphatic heterocycles. The summed E-state index contributed by atoms with van der Waals surface area (Å²) in [6, 6.07) is 0. The van der Waals surface area contributed by atoms with E-state index in [0.29, 0.717) is 0 Å². The molecule has 0 spiro atoms. The summed E-state index contributed by atoms with van der Waals surface area (Å²) in [5.41, 5.74) is 1.34. The van der Waals surface area contributed by atoms with Crippen molar-refractivity contribution in [2.45, 2.75) is 192 Å². The highest BCUT2D eigenvalue weighted by Crippen LogP contribution is 1.98. The fourth-order valence-corrected chi connectivity index (χ4v) is 2.02. The van der Waals surface area contributed by atoms with Crippen LogP contribution >= 0.6 is 0 Å². The number of rotatable bonds is 12. The van der Waals surface area contributed by atoms with E-state index in [0.717, 1.165) is 12.8 Å². The molecule has 0 atom stereocenters. The summed E-state index contributed by atoms with van der Waals surface area (Å²) in [7, 11) is 0. The second-order valence-corrected chi connectivity index (χ2v) is 8.22. The molecule has 0 unspecified atom stereocenters. The maximum absolute atomic E-state index is 3.79. The monoisotopic (exact) mass is 445 g/mol. The quantitative estimate of drug-likeness (QED) is 0.262. The third-order valence-electron chi connectivity index (χ3n) is 4.54. The van der Waals surface area contributed by atoms with Gasteiger partial charge in [-0.3, -0.25) is 0 Å². The SMILES string of the molecule is C=C(CC)CC.CCCCC.CCCCC.CCCCC.CCCCC.CCCCC. The standard InChI is InChI=1S/C6H12.5C5H12/c1-4-6(3)5-2;5*1-3-5-4-2/h3-5H2,1-2H3;5*3-5H2,1-2H3. The maximum Gasteiger partial charge on any atom is -0.0352 e. The summed E-state index contributed by atoms with van der Waals surface area (Å²) >= 11 is 0. The highest BCUT2D eigenvalue weighted by atomic mass is 13.8. The van der Waals surface area contributed by atoms with Gasteiger partial charge in [0.1, 0.15) is 0 Å².